The Bertz CT molecular complexity index is 1270. The van der Waals surface area contributed by atoms with Crippen LogP contribution in [0.2, 0.25) is 0 Å². The van der Waals surface area contributed by atoms with Crippen molar-refractivity contribution in [2.45, 2.75) is 25.3 Å². The van der Waals surface area contributed by atoms with Crippen molar-refractivity contribution in [2.75, 3.05) is 4.72 Å². The first-order valence-electron chi connectivity index (χ1n) is 8.87. The maximum Gasteiger partial charge on any atom is 0.265 e. The van der Waals surface area contributed by atoms with Crippen LogP contribution in [0.1, 0.15) is 17.0 Å². The molecule has 4 rings (SSSR count). The molecule has 4 aromatic rings. The van der Waals surface area contributed by atoms with Gasteiger partial charge in [-0.05, 0) is 30.2 Å². The fourth-order valence-corrected chi connectivity index (χ4v) is 4.93. The summed E-state index contributed by atoms with van der Waals surface area (Å²) in [5.41, 5.74) is 2.60. The molecule has 28 heavy (non-hydrogen) atoms. The van der Waals surface area contributed by atoms with Crippen LogP contribution in [0.5, 0.6) is 0 Å². The second kappa shape index (κ2) is 6.79. The average Bonchev–Trinajstić information content (AvgIpc) is 3.18. The lowest BCUT2D eigenvalue weighted by molar-refractivity contribution is 0.599. The molecule has 0 radical (unpaired) electrons. The predicted octanol–water partition coefficient (Wildman–Crippen LogP) is 3.24. The Morgan fingerprint density at radius 1 is 1.07 bits per heavy atom. The van der Waals surface area contributed by atoms with E-state index in [0.29, 0.717) is 23.6 Å². The standard InChI is InChI=1S/C20H21N5O2S/c1-14-20(15(2)24(3)22-14)28(26,27)23-18-11-21-25(13-18)12-17-9-6-8-16-7-4-5-10-19(16)17/h4-11,13,23H,12H2,1-3H3. The third-order valence-electron chi connectivity index (χ3n) is 4.81. The zero-order chi connectivity index (χ0) is 19.9. The van der Waals surface area contributed by atoms with Crippen molar-refractivity contribution in [3.63, 3.8) is 0 Å². The first-order valence-corrected chi connectivity index (χ1v) is 10.4. The molecule has 0 saturated heterocycles. The molecule has 0 bridgehead atoms. The number of aromatic nitrogens is 4. The van der Waals surface area contributed by atoms with Crippen LogP contribution in [0.4, 0.5) is 5.69 Å². The minimum atomic E-state index is -3.73. The van der Waals surface area contributed by atoms with Crippen LogP contribution >= 0.6 is 0 Å². The molecule has 144 valence electrons. The summed E-state index contributed by atoms with van der Waals surface area (Å²) in [6, 6.07) is 14.3. The Morgan fingerprint density at radius 2 is 1.82 bits per heavy atom. The van der Waals surface area contributed by atoms with Gasteiger partial charge in [0.05, 0.1) is 29.8 Å². The van der Waals surface area contributed by atoms with Crippen LogP contribution in [-0.4, -0.2) is 28.0 Å². The quantitative estimate of drug-likeness (QED) is 0.562. The summed E-state index contributed by atoms with van der Waals surface area (Å²) in [7, 11) is -2.01. The van der Waals surface area contributed by atoms with Gasteiger partial charge < -0.3 is 0 Å². The second-order valence-electron chi connectivity index (χ2n) is 6.79. The summed E-state index contributed by atoms with van der Waals surface area (Å²) in [6.45, 7) is 3.97. The highest BCUT2D eigenvalue weighted by molar-refractivity contribution is 7.92. The second-order valence-corrected chi connectivity index (χ2v) is 8.41. The number of fused-ring (bicyclic) bond motifs is 1. The lowest BCUT2D eigenvalue weighted by Crippen LogP contribution is -2.14. The molecule has 0 atom stereocenters. The van der Waals surface area contributed by atoms with Gasteiger partial charge in [-0.3, -0.25) is 14.1 Å². The summed E-state index contributed by atoms with van der Waals surface area (Å²) < 4.78 is 31.5. The van der Waals surface area contributed by atoms with E-state index in [9.17, 15) is 8.42 Å². The minimum Gasteiger partial charge on any atom is -0.276 e. The van der Waals surface area contributed by atoms with Crippen molar-refractivity contribution in [1.82, 2.24) is 19.6 Å². The predicted molar refractivity (Wildman–Crippen MR) is 109 cm³/mol. The van der Waals surface area contributed by atoms with Crippen LogP contribution < -0.4 is 4.72 Å². The first-order chi connectivity index (χ1) is 13.3. The van der Waals surface area contributed by atoms with Crippen molar-refractivity contribution < 1.29 is 8.42 Å². The fourth-order valence-electron chi connectivity index (χ4n) is 3.46. The van der Waals surface area contributed by atoms with E-state index in [1.807, 2.05) is 18.2 Å². The Hall–Kier alpha value is -3.13. The van der Waals surface area contributed by atoms with Crippen molar-refractivity contribution in [1.29, 1.82) is 0 Å². The van der Waals surface area contributed by atoms with E-state index in [0.717, 1.165) is 16.3 Å². The molecule has 0 spiro atoms. The van der Waals surface area contributed by atoms with E-state index in [4.69, 9.17) is 0 Å². The van der Waals surface area contributed by atoms with Crippen molar-refractivity contribution in [3.8, 4) is 0 Å². The van der Waals surface area contributed by atoms with Crippen molar-refractivity contribution >= 4 is 26.5 Å². The summed E-state index contributed by atoms with van der Waals surface area (Å²) in [5, 5.41) is 10.8. The lowest BCUT2D eigenvalue weighted by Gasteiger charge is -2.07. The number of aryl methyl sites for hydroxylation is 2. The Balaban J connectivity index is 1.59. The van der Waals surface area contributed by atoms with E-state index < -0.39 is 10.0 Å². The SMILES string of the molecule is Cc1nn(C)c(C)c1S(=O)(=O)Nc1cnn(Cc2cccc3ccccc23)c1. The Morgan fingerprint density at radius 3 is 2.57 bits per heavy atom. The van der Waals surface area contributed by atoms with E-state index in [2.05, 4.69) is 39.2 Å². The van der Waals surface area contributed by atoms with Crippen LogP contribution in [0.25, 0.3) is 10.8 Å². The third-order valence-corrected chi connectivity index (χ3v) is 6.44. The van der Waals surface area contributed by atoms with Gasteiger partial charge in [0.25, 0.3) is 10.0 Å². The van der Waals surface area contributed by atoms with E-state index in [-0.39, 0.29) is 4.90 Å². The Labute approximate surface area is 163 Å². The van der Waals surface area contributed by atoms with Gasteiger partial charge in [-0.25, -0.2) is 8.42 Å². The monoisotopic (exact) mass is 395 g/mol. The third kappa shape index (κ3) is 3.27. The molecule has 0 amide bonds. The lowest BCUT2D eigenvalue weighted by atomic mass is 10.0. The summed E-state index contributed by atoms with van der Waals surface area (Å²) in [6.07, 6.45) is 3.21. The maximum absolute atomic E-state index is 12.8. The molecule has 1 N–H and O–H groups in total. The van der Waals surface area contributed by atoms with Gasteiger partial charge in [-0.2, -0.15) is 10.2 Å². The van der Waals surface area contributed by atoms with E-state index in [1.165, 1.54) is 6.20 Å². The summed E-state index contributed by atoms with van der Waals surface area (Å²) in [4.78, 5) is 0.205. The Kier molecular flexibility index (Phi) is 4.43. The number of hydrogen-bond donors (Lipinski definition) is 1. The van der Waals surface area contributed by atoms with Crippen LogP contribution in [0.15, 0.2) is 59.8 Å². The molecule has 0 unspecified atom stereocenters. The van der Waals surface area contributed by atoms with Gasteiger partial charge >= 0.3 is 0 Å². The molecule has 8 heteroatoms. The number of anilines is 1. The summed E-state index contributed by atoms with van der Waals surface area (Å²) >= 11 is 0. The van der Waals surface area contributed by atoms with Crippen LogP contribution in [0, 0.1) is 13.8 Å². The smallest absolute Gasteiger partial charge is 0.265 e. The molecule has 0 aliphatic rings. The zero-order valence-electron chi connectivity index (χ0n) is 15.9. The molecule has 2 heterocycles. The van der Waals surface area contributed by atoms with E-state index in [1.54, 1.807) is 36.5 Å². The first kappa shape index (κ1) is 18.2. The number of hydrogen-bond acceptors (Lipinski definition) is 4. The largest absolute Gasteiger partial charge is 0.276 e. The van der Waals surface area contributed by atoms with Crippen LogP contribution in [-0.2, 0) is 23.6 Å². The number of nitrogens with one attached hydrogen (secondary N) is 1. The van der Waals surface area contributed by atoms with Crippen molar-refractivity contribution in [2.24, 2.45) is 7.05 Å². The zero-order valence-corrected chi connectivity index (χ0v) is 16.7. The number of sulfonamides is 1. The average molecular weight is 395 g/mol. The minimum absolute atomic E-state index is 0.205. The molecule has 2 aromatic carbocycles. The molecule has 0 fully saturated rings. The van der Waals surface area contributed by atoms with E-state index >= 15 is 0 Å². The van der Waals surface area contributed by atoms with Gasteiger partial charge in [0.15, 0.2) is 0 Å². The number of nitrogens with zero attached hydrogens (tertiary/aromatic N) is 4. The number of rotatable bonds is 5. The molecule has 0 aliphatic carbocycles. The molecule has 7 nitrogen and oxygen atoms in total. The van der Waals surface area contributed by atoms with Gasteiger partial charge in [-0.1, -0.05) is 42.5 Å². The van der Waals surface area contributed by atoms with Gasteiger partial charge in [0.2, 0.25) is 0 Å². The summed E-state index contributed by atoms with van der Waals surface area (Å²) in [5.74, 6) is 0. The van der Waals surface area contributed by atoms with Crippen LogP contribution in [0.3, 0.4) is 0 Å². The van der Waals surface area contributed by atoms with Crippen molar-refractivity contribution in [3.05, 3.63) is 71.8 Å². The maximum atomic E-state index is 12.8. The molecule has 0 aliphatic heterocycles. The molecular formula is C20H21N5O2S. The highest BCUT2D eigenvalue weighted by Gasteiger charge is 2.24. The molecule has 0 saturated carbocycles. The molecular weight excluding hydrogens is 374 g/mol. The molecule has 2 aromatic heterocycles. The van der Waals surface area contributed by atoms with Gasteiger partial charge in [0, 0.05) is 13.2 Å². The normalized spacial score (nSPS) is 11.8. The number of benzene rings is 2. The highest BCUT2D eigenvalue weighted by Crippen LogP contribution is 2.23. The fraction of sp³-hybridized carbons (Fsp3) is 0.200. The topological polar surface area (TPSA) is 81.8 Å². The van der Waals surface area contributed by atoms with Gasteiger partial charge in [0.1, 0.15) is 4.90 Å². The highest BCUT2D eigenvalue weighted by atomic mass is 32.2. The van der Waals surface area contributed by atoms with Gasteiger partial charge in [-0.15, -0.1) is 0 Å².